The highest BCUT2D eigenvalue weighted by atomic mass is 32.2. The highest BCUT2D eigenvalue weighted by Crippen LogP contribution is 2.15. The lowest BCUT2D eigenvalue weighted by molar-refractivity contribution is -0.120. The van der Waals surface area contributed by atoms with Crippen molar-refractivity contribution < 1.29 is 17.6 Å². The number of nitrogens with one attached hydrogen (secondary N) is 1. The van der Waals surface area contributed by atoms with E-state index in [-0.39, 0.29) is 30.4 Å². The summed E-state index contributed by atoms with van der Waals surface area (Å²) >= 11 is 0. The SMILES string of the molecule is CC(C)(C)S(=O)(=O)CCNC(=O)Cc1ccc(F)cc1. The Morgan fingerprint density at radius 2 is 1.75 bits per heavy atom. The highest BCUT2D eigenvalue weighted by molar-refractivity contribution is 7.92. The van der Waals surface area contributed by atoms with E-state index >= 15 is 0 Å². The first-order chi connectivity index (χ1) is 9.12. The molecule has 0 spiro atoms. The number of halogens is 1. The number of amides is 1. The standard InChI is InChI=1S/C14H20FNO3S/c1-14(2,3)20(18,19)9-8-16-13(17)10-11-4-6-12(15)7-5-11/h4-7H,8-10H2,1-3H3,(H,16,17). The molecule has 0 radical (unpaired) electrons. The number of benzene rings is 1. The molecule has 20 heavy (non-hydrogen) atoms. The lowest BCUT2D eigenvalue weighted by Crippen LogP contribution is -2.36. The number of carbonyl (C=O) groups excluding carboxylic acids is 1. The van der Waals surface area contributed by atoms with Crippen molar-refractivity contribution in [3.05, 3.63) is 35.6 Å². The normalized spacial score (nSPS) is 12.2. The first-order valence-corrected chi connectivity index (χ1v) is 8.00. The van der Waals surface area contributed by atoms with Crippen LogP contribution in [0.1, 0.15) is 26.3 Å². The first kappa shape index (κ1) is 16.6. The van der Waals surface area contributed by atoms with Crippen LogP contribution in [-0.4, -0.2) is 31.4 Å². The summed E-state index contributed by atoms with van der Waals surface area (Å²) in [4.78, 5) is 11.6. The topological polar surface area (TPSA) is 63.2 Å². The molecule has 1 aromatic rings. The molecule has 0 unspecified atom stereocenters. The smallest absolute Gasteiger partial charge is 0.224 e. The Hall–Kier alpha value is -1.43. The third-order valence-corrected chi connectivity index (χ3v) is 5.51. The van der Waals surface area contributed by atoms with Gasteiger partial charge in [-0.3, -0.25) is 4.79 Å². The summed E-state index contributed by atoms with van der Waals surface area (Å²) in [5, 5.41) is 2.56. The van der Waals surface area contributed by atoms with Crippen LogP contribution in [0.5, 0.6) is 0 Å². The molecule has 0 fully saturated rings. The fourth-order valence-corrected chi connectivity index (χ4v) is 2.46. The third-order valence-electron chi connectivity index (χ3n) is 2.90. The van der Waals surface area contributed by atoms with E-state index in [0.717, 1.165) is 0 Å². The average molecular weight is 301 g/mol. The zero-order chi connectivity index (χ0) is 15.4. The summed E-state index contributed by atoms with van der Waals surface area (Å²) in [5.74, 6) is -0.725. The van der Waals surface area contributed by atoms with Gasteiger partial charge in [0.2, 0.25) is 5.91 Å². The van der Waals surface area contributed by atoms with Crippen LogP contribution in [0.25, 0.3) is 0 Å². The number of hydrogen-bond donors (Lipinski definition) is 1. The molecule has 1 aromatic carbocycles. The number of sulfone groups is 1. The van der Waals surface area contributed by atoms with Crippen LogP contribution in [0.2, 0.25) is 0 Å². The van der Waals surface area contributed by atoms with Gasteiger partial charge in [-0.1, -0.05) is 12.1 Å². The van der Waals surface area contributed by atoms with E-state index in [2.05, 4.69) is 5.32 Å². The second-order valence-corrected chi connectivity index (χ2v) is 8.45. The molecule has 112 valence electrons. The monoisotopic (exact) mass is 301 g/mol. The molecule has 0 aliphatic heterocycles. The van der Waals surface area contributed by atoms with Crippen LogP contribution in [0, 0.1) is 5.82 Å². The van der Waals surface area contributed by atoms with E-state index in [1.807, 2.05) is 0 Å². The summed E-state index contributed by atoms with van der Waals surface area (Å²) in [6, 6.07) is 5.63. The lowest BCUT2D eigenvalue weighted by Gasteiger charge is -2.19. The average Bonchev–Trinajstić information content (AvgIpc) is 2.30. The number of hydrogen-bond acceptors (Lipinski definition) is 3. The van der Waals surface area contributed by atoms with E-state index in [9.17, 15) is 17.6 Å². The molecule has 1 N–H and O–H groups in total. The maximum atomic E-state index is 12.7. The van der Waals surface area contributed by atoms with Gasteiger partial charge in [-0.25, -0.2) is 12.8 Å². The molecule has 1 amide bonds. The van der Waals surface area contributed by atoms with Gasteiger partial charge in [0.25, 0.3) is 0 Å². The van der Waals surface area contributed by atoms with Crippen LogP contribution in [-0.2, 0) is 21.1 Å². The van der Waals surface area contributed by atoms with Crippen LogP contribution in [0.4, 0.5) is 4.39 Å². The van der Waals surface area contributed by atoms with Crippen molar-refractivity contribution in [3.8, 4) is 0 Å². The highest BCUT2D eigenvalue weighted by Gasteiger charge is 2.28. The van der Waals surface area contributed by atoms with Crippen molar-refractivity contribution in [3.63, 3.8) is 0 Å². The van der Waals surface area contributed by atoms with Gasteiger partial charge in [-0.05, 0) is 38.5 Å². The number of rotatable bonds is 5. The fraction of sp³-hybridized carbons (Fsp3) is 0.500. The minimum absolute atomic E-state index is 0.0830. The maximum absolute atomic E-state index is 12.7. The molecule has 1 rings (SSSR count). The quantitative estimate of drug-likeness (QED) is 0.900. The Morgan fingerprint density at radius 1 is 1.20 bits per heavy atom. The first-order valence-electron chi connectivity index (χ1n) is 6.35. The third kappa shape index (κ3) is 4.92. The predicted octanol–water partition coefficient (Wildman–Crippen LogP) is 1.70. The molecular formula is C14H20FNO3S. The molecule has 6 heteroatoms. The Morgan fingerprint density at radius 3 is 2.25 bits per heavy atom. The van der Waals surface area contributed by atoms with Crippen molar-refractivity contribution in [2.24, 2.45) is 0 Å². The Labute approximate surface area is 119 Å². The van der Waals surface area contributed by atoms with E-state index in [1.54, 1.807) is 20.8 Å². The van der Waals surface area contributed by atoms with Gasteiger partial charge >= 0.3 is 0 Å². The van der Waals surface area contributed by atoms with E-state index < -0.39 is 14.6 Å². The molecule has 4 nitrogen and oxygen atoms in total. The van der Waals surface area contributed by atoms with E-state index in [4.69, 9.17) is 0 Å². The van der Waals surface area contributed by atoms with Crippen LogP contribution >= 0.6 is 0 Å². The minimum atomic E-state index is -3.24. The fourth-order valence-electron chi connectivity index (χ4n) is 1.48. The molecule has 0 bridgehead atoms. The van der Waals surface area contributed by atoms with E-state index in [1.165, 1.54) is 24.3 Å². The maximum Gasteiger partial charge on any atom is 0.224 e. The zero-order valence-electron chi connectivity index (χ0n) is 11.9. The molecule has 0 saturated carbocycles. The summed E-state index contributed by atoms with van der Waals surface area (Å²) in [6.07, 6.45) is 0.107. The van der Waals surface area contributed by atoms with Crippen molar-refractivity contribution >= 4 is 15.7 Å². The molecule has 0 aliphatic rings. The summed E-state index contributed by atoms with van der Waals surface area (Å²) in [7, 11) is -3.24. The second-order valence-electron chi connectivity index (χ2n) is 5.58. The van der Waals surface area contributed by atoms with Gasteiger partial charge in [0, 0.05) is 6.54 Å². The summed E-state index contributed by atoms with van der Waals surface area (Å²) < 4.78 is 35.6. The summed E-state index contributed by atoms with van der Waals surface area (Å²) in [6.45, 7) is 4.97. The van der Waals surface area contributed by atoms with Gasteiger partial charge in [0.15, 0.2) is 9.84 Å². The Kier molecular flexibility index (Phi) is 5.28. The Balaban J connectivity index is 2.43. The number of carbonyl (C=O) groups is 1. The minimum Gasteiger partial charge on any atom is -0.355 e. The van der Waals surface area contributed by atoms with Gasteiger partial charge in [0.05, 0.1) is 16.9 Å². The second kappa shape index (κ2) is 6.35. The largest absolute Gasteiger partial charge is 0.355 e. The van der Waals surface area contributed by atoms with Gasteiger partial charge in [-0.15, -0.1) is 0 Å². The molecule has 0 heterocycles. The van der Waals surface area contributed by atoms with Gasteiger partial charge in [-0.2, -0.15) is 0 Å². The Bertz CT molecular complexity index is 559. The summed E-state index contributed by atoms with van der Waals surface area (Å²) in [5.41, 5.74) is 0.683. The van der Waals surface area contributed by atoms with Gasteiger partial charge in [0.1, 0.15) is 5.82 Å². The van der Waals surface area contributed by atoms with Crippen molar-refractivity contribution in [1.82, 2.24) is 5.32 Å². The zero-order valence-corrected chi connectivity index (χ0v) is 12.8. The van der Waals surface area contributed by atoms with E-state index in [0.29, 0.717) is 5.56 Å². The lowest BCUT2D eigenvalue weighted by atomic mass is 10.1. The molecular weight excluding hydrogens is 281 g/mol. The van der Waals surface area contributed by atoms with Crippen molar-refractivity contribution in [2.75, 3.05) is 12.3 Å². The molecule has 0 atom stereocenters. The van der Waals surface area contributed by atoms with Crippen LogP contribution < -0.4 is 5.32 Å². The van der Waals surface area contributed by atoms with Crippen LogP contribution in [0.15, 0.2) is 24.3 Å². The van der Waals surface area contributed by atoms with Crippen molar-refractivity contribution in [2.45, 2.75) is 31.9 Å². The van der Waals surface area contributed by atoms with Crippen molar-refractivity contribution in [1.29, 1.82) is 0 Å². The predicted molar refractivity (Wildman–Crippen MR) is 76.7 cm³/mol. The molecule has 0 aromatic heterocycles. The van der Waals surface area contributed by atoms with Gasteiger partial charge < -0.3 is 5.32 Å². The molecule has 0 saturated heterocycles. The molecule has 0 aliphatic carbocycles. The van der Waals surface area contributed by atoms with Crippen LogP contribution in [0.3, 0.4) is 0 Å².